The molecule has 2 heterocycles. The first-order valence-corrected chi connectivity index (χ1v) is 10.2. The lowest BCUT2D eigenvalue weighted by molar-refractivity contribution is -0.118. The van der Waals surface area contributed by atoms with Gasteiger partial charge in [0.15, 0.2) is 0 Å². The number of nitriles is 1. The van der Waals surface area contributed by atoms with Crippen molar-refractivity contribution in [3.05, 3.63) is 64.0 Å². The van der Waals surface area contributed by atoms with Gasteiger partial charge in [-0.15, -0.1) is 0 Å². The molecule has 0 aliphatic rings. The molecule has 0 spiro atoms. The summed E-state index contributed by atoms with van der Waals surface area (Å²) < 4.78 is 40.9. The standard InChI is InChI=1S/C22H20F3N7O3/c1-10-18(20(33)22(35)29-15(7-17(24)25)16-9-27-31-30-16)11(2)32(3)19(10)21(34)28-13-4-5-14(23)12(6-13)8-26/h4-6,9,15,17H,7H2,1-3H3,(H,28,34)(H,29,35)(H,27,30,31). The van der Waals surface area contributed by atoms with Crippen LogP contribution in [0.5, 0.6) is 0 Å². The summed E-state index contributed by atoms with van der Waals surface area (Å²) in [7, 11) is 1.51. The Bertz CT molecular complexity index is 1330. The summed E-state index contributed by atoms with van der Waals surface area (Å²) >= 11 is 0. The SMILES string of the molecule is Cc1c(C(=O)C(=O)NC(CC(F)F)c2cn[nH]n2)c(C)n(C)c1C(=O)Nc1ccc(F)c(C#N)c1. The van der Waals surface area contributed by atoms with Gasteiger partial charge in [-0.2, -0.15) is 20.7 Å². The Balaban J connectivity index is 1.87. The smallest absolute Gasteiger partial charge is 0.293 e. The lowest BCUT2D eigenvalue weighted by Gasteiger charge is -2.15. The van der Waals surface area contributed by atoms with Crippen molar-refractivity contribution in [2.45, 2.75) is 32.7 Å². The van der Waals surface area contributed by atoms with E-state index in [-0.39, 0.29) is 39.5 Å². The number of halogens is 3. The number of hydrogen-bond acceptors (Lipinski definition) is 6. The van der Waals surface area contributed by atoms with E-state index >= 15 is 0 Å². The van der Waals surface area contributed by atoms with Crippen molar-refractivity contribution in [1.29, 1.82) is 5.26 Å². The number of ketones is 1. The van der Waals surface area contributed by atoms with E-state index in [0.29, 0.717) is 0 Å². The maximum absolute atomic E-state index is 13.6. The molecule has 2 aromatic heterocycles. The normalized spacial score (nSPS) is 11.7. The van der Waals surface area contributed by atoms with Crippen molar-refractivity contribution >= 4 is 23.3 Å². The largest absolute Gasteiger partial charge is 0.343 e. The Morgan fingerprint density at radius 3 is 2.57 bits per heavy atom. The Morgan fingerprint density at radius 2 is 1.97 bits per heavy atom. The van der Waals surface area contributed by atoms with Gasteiger partial charge in [-0.3, -0.25) is 14.4 Å². The fraction of sp³-hybridized carbons (Fsp3) is 0.273. The summed E-state index contributed by atoms with van der Waals surface area (Å²) in [5.41, 5.74) is 0.363. The van der Waals surface area contributed by atoms with E-state index in [1.165, 1.54) is 31.5 Å². The Morgan fingerprint density at radius 1 is 1.26 bits per heavy atom. The van der Waals surface area contributed by atoms with Gasteiger partial charge in [-0.25, -0.2) is 13.2 Å². The average Bonchev–Trinajstić information content (AvgIpc) is 3.41. The van der Waals surface area contributed by atoms with E-state index in [1.54, 1.807) is 6.07 Å². The lowest BCUT2D eigenvalue weighted by Crippen LogP contribution is -2.36. The molecule has 0 aliphatic heterocycles. The first-order valence-electron chi connectivity index (χ1n) is 10.2. The minimum Gasteiger partial charge on any atom is -0.343 e. The molecule has 0 aliphatic carbocycles. The highest BCUT2D eigenvalue weighted by atomic mass is 19.3. The summed E-state index contributed by atoms with van der Waals surface area (Å²) in [4.78, 5) is 38.6. The van der Waals surface area contributed by atoms with Crippen LogP contribution in [0, 0.1) is 31.0 Å². The van der Waals surface area contributed by atoms with Crippen LogP contribution in [-0.4, -0.2) is 44.0 Å². The number of nitrogens with one attached hydrogen (secondary N) is 3. The number of hydrogen-bond donors (Lipinski definition) is 3. The van der Waals surface area contributed by atoms with Crippen molar-refractivity contribution < 1.29 is 27.6 Å². The summed E-state index contributed by atoms with van der Waals surface area (Å²) in [5, 5.41) is 23.2. The van der Waals surface area contributed by atoms with Crippen molar-refractivity contribution in [2.75, 3.05) is 5.32 Å². The number of alkyl halides is 2. The molecule has 1 aromatic carbocycles. The molecule has 0 radical (unpaired) electrons. The third-order valence-electron chi connectivity index (χ3n) is 5.43. The van der Waals surface area contributed by atoms with Gasteiger partial charge in [-0.05, 0) is 37.6 Å². The van der Waals surface area contributed by atoms with E-state index in [1.807, 2.05) is 0 Å². The molecule has 3 N–H and O–H groups in total. The Hall–Kier alpha value is -4.47. The van der Waals surface area contributed by atoms with Gasteiger partial charge in [-0.1, -0.05) is 0 Å². The number of aromatic nitrogens is 4. The Kier molecular flexibility index (Phi) is 7.34. The zero-order valence-corrected chi connectivity index (χ0v) is 18.8. The number of aromatic amines is 1. The van der Waals surface area contributed by atoms with E-state index in [0.717, 1.165) is 18.3 Å². The van der Waals surface area contributed by atoms with Crippen LogP contribution in [-0.2, 0) is 11.8 Å². The van der Waals surface area contributed by atoms with Gasteiger partial charge >= 0.3 is 0 Å². The molecule has 1 atom stereocenters. The maximum Gasteiger partial charge on any atom is 0.293 e. The molecule has 0 fully saturated rings. The van der Waals surface area contributed by atoms with Crippen LogP contribution in [0.15, 0.2) is 24.4 Å². The summed E-state index contributed by atoms with van der Waals surface area (Å²) in [6.07, 6.45) is -2.41. The molecule has 2 amide bonds. The highest BCUT2D eigenvalue weighted by Gasteiger charge is 2.31. The fourth-order valence-electron chi connectivity index (χ4n) is 3.66. The average molecular weight is 487 g/mol. The van der Waals surface area contributed by atoms with Crippen LogP contribution >= 0.6 is 0 Å². The maximum atomic E-state index is 13.6. The topological polar surface area (TPSA) is 146 Å². The van der Waals surface area contributed by atoms with Crippen LogP contribution < -0.4 is 10.6 Å². The van der Waals surface area contributed by atoms with Gasteiger partial charge in [0.2, 0.25) is 6.43 Å². The number of amides is 2. The van der Waals surface area contributed by atoms with Crippen LogP contribution in [0.3, 0.4) is 0 Å². The van der Waals surface area contributed by atoms with Gasteiger partial charge in [0.1, 0.15) is 23.3 Å². The molecule has 0 saturated carbocycles. The molecular formula is C22H20F3N7O3. The van der Waals surface area contributed by atoms with E-state index in [4.69, 9.17) is 5.26 Å². The summed E-state index contributed by atoms with van der Waals surface area (Å²) in [6.45, 7) is 2.98. The van der Waals surface area contributed by atoms with Crippen molar-refractivity contribution in [3.63, 3.8) is 0 Å². The molecule has 3 rings (SSSR count). The van der Waals surface area contributed by atoms with Crippen molar-refractivity contribution in [2.24, 2.45) is 7.05 Å². The third kappa shape index (κ3) is 5.21. The molecule has 13 heteroatoms. The first-order chi connectivity index (χ1) is 16.5. The number of benzene rings is 1. The van der Waals surface area contributed by atoms with E-state index in [9.17, 15) is 27.6 Å². The number of Topliss-reactive ketones (excluding diaryl/α,β-unsaturated/α-hetero) is 1. The number of anilines is 1. The highest BCUT2D eigenvalue weighted by Crippen LogP contribution is 2.25. The predicted molar refractivity (Wildman–Crippen MR) is 116 cm³/mol. The zero-order valence-electron chi connectivity index (χ0n) is 18.8. The second kappa shape index (κ2) is 10.2. The molecule has 1 unspecified atom stereocenters. The number of carbonyl (C=O) groups is 3. The third-order valence-corrected chi connectivity index (χ3v) is 5.43. The fourth-order valence-corrected chi connectivity index (χ4v) is 3.66. The molecule has 182 valence electrons. The summed E-state index contributed by atoms with van der Waals surface area (Å²) in [6, 6.07) is 3.87. The van der Waals surface area contributed by atoms with Gasteiger partial charge in [0.05, 0.1) is 23.4 Å². The number of rotatable bonds is 8. The van der Waals surface area contributed by atoms with Crippen LogP contribution in [0.4, 0.5) is 18.9 Å². The molecule has 10 nitrogen and oxygen atoms in total. The Labute approximate surface area is 197 Å². The van der Waals surface area contributed by atoms with Gasteiger partial charge in [0, 0.05) is 24.8 Å². The molecule has 3 aromatic rings. The number of nitrogens with zero attached hydrogens (tertiary/aromatic N) is 4. The van der Waals surface area contributed by atoms with Gasteiger partial charge < -0.3 is 15.2 Å². The van der Waals surface area contributed by atoms with Crippen molar-refractivity contribution in [3.8, 4) is 6.07 Å². The monoisotopic (exact) mass is 487 g/mol. The molecule has 35 heavy (non-hydrogen) atoms. The quantitative estimate of drug-likeness (QED) is 0.329. The summed E-state index contributed by atoms with van der Waals surface area (Å²) in [5.74, 6) is -3.59. The van der Waals surface area contributed by atoms with E-state index < -0.39 is 42.3 Å². The number of carbonyl (C=O) groups excluding carboxylic acids is 3. The first kappa shape index (κ1) is 25.2. The second-order valence-electron chi connectivity index (χ2n) is 7.63. The van der Waals surface area contributed by atoms with E-state index in [2.05, 4.69) is 26.0 Å². The van der Waals surface area contributed by atoms with Crippen molar-refractivity contribution in [1.82, 2.24) is 25.3 Å². The van der Waals surface area contributed by atoms with Crippen LogP contribution in [0.25, 0.3) is 0 Å². The minimum absolute atomic E-state index is 0.0315. The highest BCUT2D eigenvalue weighted by molar-refractivity contribution is 6.43. The zero-order chi connectivity index (χ0) is 25.9. The molecule has 0 bridgehead atoms. The van der Waals surface area contributed by atoms with Crippen LogP contribution in [0.2, 0.25) is 0 Å². The minimum atomic E-state index is -2.78. The lowest BCUT2D eigenvalue weighted by atomic mass is 10.0. The van der Waals surface area contributed by atoms with Gasteiger partial charge in [0.25, 0.3) is 17.6 Å². The second-order valence-corrected chi connectivity index (χ2v) is 7.63. The molecular weight excluding hydrogens is 467 g/mol. The van der Waals surface area contributed by atoms with Crippen LogP contribution in [0.1, 0.15) is 55.8 Å². The molecule has 0 saturated heterocycles. The predicted octanol–water partition coefficient (Wildman–Crippen LogP) is 2.72. The number of H-pyrrole nitrogens is 1.